The highest BCUT2D eigenvalue weighted by molar-refractivity contribution is 5.17. The van der Waals surface area contributed by atoms with Crippen LogP contribution in [0.1, 0.15) is 72.6 Å². The van der Waals surface area contributed by atoms with Crippen molar-refractivity contribution in [2.75, 3.05) is 0 Å². The van der Waals surface area contributed by atoms with Crippen LogP contribution in [-0.4, -0.2) is 11.7 Å². The molecule has 0 aromatic carbocycles. The first-order chi connectivity index (χ1) is 9.82. The SMILES string of the molecule is C=C1CC/C=C(\C)CC[C@@H]2[C@@H]1C[C@@]2(C)CCC1OC1(C)C. The number of rotatable bonds is 3. The van der Waals surface area contributed by atoms with Crippen molar-refractivity contribution in [3.05, 3.63) is 23.8 Å². The van der Waals surface area contributed by atoms with E-state index in [0.29, 0.717) is 11.5 Å². The van der Waals surface area contributed by atoms with Gasteiger partial charge in [0.05, 0.1) is 11.7 Å². The molecule has 21 heavy (non-hydrogen) atoms. The van der Waals surface area contributed by atoms with E-state index in [1.54, 1.807) is 5.57 Å². The molecule has 1 heterocycles. The van der Waals surface area contributed by atoms with E-state index in [1.165, 1.54) is 50.5 Å². The number of hydrogen-bond acceptors (Lipinski definition) is 1. The summed E-state index contributed by atoms with van der Waals surface area (Å²) in [5.41, 5.74) is 3.79. The molecule has 1 saturated carbocycles. The smallest absolute Gasteiger partial charge is 0.0892 e. The molecule has 2 aliphatic carbocycles. The van der Waals surface area contributed by atoms with Crippen molar-refractivity contribution >= 4 is 0 Å². The van der Waals surface area contributed by atoms with Gasteiger partial charge in [-0.25, -0.2) is 0 Å². The molecule has 0 amide bonds. The summed E-state index contributed by atoms with van der Waals surface area (Å²) in [6, 6.07) is 0. The maximum atomic E-state index is 5.78. The molecule has 0 N–H and O–H groups in total. The molecule has 2 fully saturated rings. The van der Waals surface area contributed by atoms with Crippen LogP contribution in [0.3, 0.4) is 0 Å². The summed E-state index contributed by atoms with van der Waals surface area (Å²) in [5, 5.41) is 0. The summed E-state index contributed by atoms with van der Waals surface area (Å²) in [6.45, 7) is 13.7. The third kappa shape index (κ3) is 2.99. The first kappa shape index (κ1) is 15.3. The van der Waals surface area contributed by atoms with Gasteiger partial charge in [-0.15, -0.1) is 0 Å². The molecule has 1 heteroatoms. The molecule has 0 aromatic heterocycles. The lowest BCUT2D eigenvalue weighted by Crippen LogP contribution is -2.46. The molecule has 0 radical (unpaired) electrons. The van der Waals surface area contributed by atoms with Gasteiger partial charge in [-0.1, -0.05) is 30.7 Å². The predicted molar refractivity (Wildman–Crippen MR) is 89.3 cm³/mol. The first-order valence-corrected chi connectivity index (χ1v) is 8.83. The second-order valence-corrected chi connectivity index (χ2v) is 8.61. The van der Waals surface area contributed by atoms with E-state index in [2.05, 4.69) is 40.3 Å². The molecular weight excluding hydrogens is 256 g/mol. The second kappa shape index (κ2) is 5.26. The van der Waals surface area contributed by atoms with E-state index in [4.69, 9.17) is 4.74 Å². The highest BCUT2D eigenvalue weighted by atomic mass is 16.6. The van der Waals surface area contributed by atoms with Crippen molar-refractivity contribution in [3.63, 3.8) is 0 Å². The van der Waals surface area contributed by atoms with Gasteiger partial charge in [0.2, 0.25) is 0 Å². The normalized spacial score (nSPS) is 44.5. The highest BCUT2D eigenvalue weighted by Crippen LogP contribution is 2.60. The minimum absolute atomic E-state index is 0.154. The van der Waals surface area contributed by atoms with Gasteiger partial charge in [0.25, 0.3) is 0 Å². The molecule has 1 saturated heterocycles. The minimum atomic E-state index is 0.154. The van der Waals surface area contributed by atoms with Crippen molar-refractivity contribution in [3.8, 4) is 0 Å². The quantitative estimate of drug-likeness (QED) is 0.482. The van der Waals surface area contributed by atoms with Crippen molar-refractivity contribution in [1.82, 2.24) is 0 Å². The predicted octanol–water partition coefficient (Wildman–Crippen LogP) is 5.66. The summed E-state index contributed by atoms with van der Waals surface area (Å²) in [6.07, 6.45) is 11.9. The molecule has 0 bridgehead atoms. The Bertz CT molecular complexity index is 458. The van der Waals surface area contributed by atoms with Crippen molar-refractivity contribution < 1.29 is 4.74 Å². The fourth-order valence-corrected chi connectivity index (χ4v) is 4.76. The van der Waals surface area contributed by atoms with E-state index >= 15 is 0 Å². The van der Waals surface area contributed by atoms with Gasteiger partial charge in [0.1, 0.15) is 0 Å². The Morgan fingerprint density at radius 1 is 1.29 bits per heavy atom. The van der Waals surface area contributed by atoms with Crippen LogP contribution in [0.5, 0.6) is 0 Å². The Morgan fingerprint density at radius 2 is 2.00 bits per heavy atom. The number of allylic oxidation sites excluding steroid dienone is 3. The summed E-state index contributed by atoms with van der Waals surface area (Å²) in [7, 11) is 0. The van der Waals surface area contributed by atoms with E-state index in [0.717, 1.165) is 11.8 Å². The maximum absolute atomic E-state index is 5.78. The number of hydrogen-bond donors (Lipinski definition) is 0. The number of epoxide rings is 1. The van der Waals surface area contributed by atoms with Crippen molar-refractivity contribution in [2.45, 2.75) is 84.3 Å². The topological polar surface area (TPSA) is 12.5 Å². The fourth-order valence-electron chi connectivity index (χ4n) is 4.76. The molecule has 3 rings (SSSR count). The van der Waals surface area contributed by atoms with E-state index in [1.807, 2.05) is 0 Å². The molecule has 1 aliphatic heterocycles. The molecular formula is C20H32O. The van der Waals surface area contributed by atoms with Gasteiger partial charge >= 0.3 is 0 Å². The van der Waals surface area contributed by atoms with Gasteiger partial charge in [-0.05, 0) is 83.0 Å². The zero-order valence-electron chi connectivity index (χ0n) is 14.4. The summed E-state index contributed by atoms with van der Waals surface area (Å²) in [4.78, 5) is 0. The molecule has 1 nitrogen and oxygen atoms in total. The molecule has 1 unspecified atom stereocenters. The lowest BCUT2D eigenvalue weighted by atomic mass is 9.50. The summed E-state index contributed by atoms with van der Waals surface area (Å²) in [5.74, 6) is 1.65. The number of ether oxygens (including phenoxy) is 1. The molecule has 0 aromatic rings. The van der Waals surface area contributed by atoms with Gasteiger partial charge in [0, 0.05) is 0 Å². The average molecular weight is 288 g/mol. The Kier molecular flexibility index (Phi) is 3.84. The van der Waals surface area contributed by atoms with Crippen LogP contribution in [0.2, 0.25) is 0 Å². The molecule has 0 spiro atoms. The zero-order chi connectivity index (χ0) is 15.3. The van der Waals surface area contributed by atoms with E-state index < -0.39 is 0 Å². The maximum Gasteiger partial charge on any atom is 0.0892 e. The van der Waals surface area contributed by atoms with Crippen molar-refractivity contribution in [1.29, 1.82) is 0 Å². The van der Waals surface area contributed by atoms with Gasteiger partial charge in [-0.2, -0.15) is 0 Å². The Morgan fingerprint density at radius 3 is 2.67 bits per heavy atom. The number of fused-ring (bicyclic) bond motifs is 1. The zero-order valence-corrected chi connectivity index (χ0v) is 14.4. The van der Waals surface area contributed by atoms with Crippen LogP contribution in [0, 0.1) is 17.3 Å². The third-order valence-corrected chi connectivity index (χ3v) is 6.54. The molecule has 4 atom stereocenters. The van der Waals surface area contributed by atoms with Crippen LogP contribution < -0.4 is 0 Å². The third-order valence-electron chi connectivity index (χ3n) is 6.54. The highest BCUT2D eigenvalue weighted by Gasteiger charge is 2.53. The summed E-state index contributed by atoms with van der Waals surface area (Å²) < 4.78 is 5.78. The van der Waals surface area contributed by atoms with Crippen LogP contribution in [-0.2, 0) is 4.74 Å². The van der Waals surface area contributed by atoms with Gasteiger partial charge in [0.15, 0.2) is 0 Å². The van der Waals surface area contributed by atoms with E-state index in [9.17, 15) is 0 Å². The van der Waals surface area contributed by atoms with Crippen LogP contribution in [0.25, 0.3) is 0 Å². The average Bonchev–Trinajstić information content (AvgIpc) is 2.99. The standard InChI is InChI=1S/C20H32O/c1-14-7-6-8-15(2)16-13-20(5,17(16)10-9-14)12-11-18-19(3,4)21-18/h7,16-18H,2,6,8-13H2,1,3-5H3/b14-7+/t16-,17-,18?,20-/m1/s1. The lowest BCUT2D eigenvalue weighted by molar-refractivity contribution is -0.0241. The van der Waals surface area contributed by atoms with Crippen LogP contribution in [0.4, 0.5) is 0 Å². The second-order valence-electron chi connectivity index (χ2n) is 8.61. The largest absolute Gasteiger partial charge is 0.367 e. The van der Waals surface area contributed by atoms with Crippen LogP contribution in [0.15, 0.2) is 23.8 Å². The monoisotopic (exact) mass is 288 g/mol. The lowest BCUT2D eigenvalue weighted by Gasteiger charge is -2.55. The van der Waals surface area contributed by atoms with E-state index in [-0.39, 0.29) is 5.60 Å². The Labute approximate surface area is 130 Å². The van der Waals surface area contributed by atoms with Crippen molar-refractivity contribution in [2.24, 2.45) is 17.3 Å². The van der Waals surface area contributed by atoms with Gasteiger partial charge in [-0.3, -0.25) is 0 Å². The summed E-state index contributed by atoms with van der Waals surface area (Å²) >= 11 is 0. The minimum Gasteiger partial charge on any atom is -0.367 e. The Balaban J connectivity index is 1.62. The van der Waals surface area contributed by atoms with Crippen LogP contribution >= 0.6 is 0 Å². The molecule has 118 valence electrons. The van der Waals surface area contributed by atoms with Gasteiger partial charge < -0.3 is 4.74 Å². The fraction of sp³-hybridized carbons (Fsp3) is 0.800. The molecule has 3 aliphatic rings. The first-order valence-electron chi connectivity index (χ1n) is 8.83. The Hall–Kier alpha value is -0.560.